The molecule has 0 radical (unpaired) electrons. The SMILES string of the molecule is CC/C=C\C/C=C\C/C=C\C/C=C\CCCCCCCCCCCCCCCCCCCCCCCCCCCCCCC(=O)OC(COC(=O)CCCCCCCCCCCCCCCCCCCCCCCCCC/C=C\C/C=C\C/C=C\CCCCCCC)COP(=O)([O-])OCC[N+](C)(C)C. The van der Waals surface area contributed by atoms with Crippen LogP contribution in [-0.4, -0.2) is 70.0 Å². The van der Waals surface area contributed by atoms with E-state index in [2.05, 4.69) is 98.9 Å². The molecule has 2 unspecified atom stereocenters. The van der Waals surface area contributed by atoms with Gasteiger partial charge in [-0.2, -0.15) is 0 Å². The van der Waals surface area contributed by atoms with Gasteiger partial charge in [-0.3, -0.25) is 14.2 Å². The predicted molar refractivity (Wildman–Crippen MR) is 453 cm³/mol. The molecule has 0 amide bonds. The van der Waals surface area contributed by atoms with Gasteiger partial charge in [0, 0.05) is 12.8 Å². The van der Waals surface area contributed by atoms with Gasteiger partial charge in [0.1, 0.15) is 19.8 Å². The van der Waals surface area contributed by atoms with Gasteiger partial charge in [0.05, 0.1) is 27.7 Å². The summed E-state index contributed by atoms with van der Waals surface area (Å²) >= 11 is 0. The lowest BCUT2D eigenvalue weighted by Gasteiger charge is -2.28. The number of carbonyl (C=O) groups excluding carboxylic acids is 2. The minimum absolute atomic E-state index is 0.0285. The second-order valence-electron chi connectivity index (χ2n) is 31.9. The number of likely N-dealkylation sites (N-methyl/N-ethyl adjacent to an activating group) is 1. The van der Waals surface area contributed by atoms with Crippen molar-refractivity contribution >= 4 is 19.8 Å². The van der Waals surface area contributed by atoms with E-state index in [4.69, 9.17) is 18.5 Å². The number of carbonyl (C=O) groups is 2. The first kappa shape index (κ1) is 101. The normalized spacial score (nSPS) is 13.3. The zero-order chi connectivity index (χ0) is 75.4. The zero-order valence-electron chi connectivity index (χ0n) is 69.7. The minimum atomic E-state index is -4.65. The van der Waals surface area contributed by atoms with Crippen LogP contribution in [0.5, 0.6) is 0 Å². The Morgan fingerprint density at radius 2 is 0.548 bits per heavy atom. The predicted octanol–water partition coefficient (Wildman–Crippen LogP) is 30.1. The van der Waals surface area contributed by atoms with Crippen molar-refractivity contribution in [3.05, 3.63) is 85.1 Å². The quantitative estimate of drug-likeness (QED) is 0.0195. The number of nitrogens with zero attached hydrogens (tertiary/aromatic N) is 1. The smallest absolute Gasteiger partial charge is 0.306 e. The van der Waals surface area contributed by atoms with Crippen LogP contribution in [0.25, 0.3) is 0 Å². The van der Waals surface area contributed by atoms with E-state index >= 15 is 0 Å². The number of allylic oxidation sites excluding steroid dienone is 14. The van der Waals surface area contributed by atoms with E-state index < -0.39 is 26.5 Å². The highest BCUT2D eigenvalue weighted by Crippen LogP contribution is 2.38. The maximum Gasteiger partial charge on any atom is 0.306 e. The van der Waals surface area contributed by atoms with Crippen molar-refractivity contribution in [2.45, 2.75) is 457 Å². The molecule has 10 heteroatoms. The third-order valence-electron chi connectivity index (χ3n) is 20.4. The molecule has 0 aliphatic carbocycles. The van der Waals surface area contributed by atoms with Gasteiger partial charge in [-0.05, 0) is 89.9 Å². The molecule has 0 aromatic carbocycles. The summed E-state index contributed by atoms with van der Waals surface area (Å²) in [6.07, 6.45) is 118. The average molecular weight is 1480 g/mol. The Kier molecular flexibility index (Phi) is 81.9. The lowest BCUT2D eigenvalue weighted by Crippen LogP contribution is -2.37. The highest BCUT2D eigenvalue weighted by atomic mass is 31.2. The molecule has 0 spiro atoms. The number of esters is 2. The topological polar surface area (TPSA) is 111 Å². The van der Waals surface area contributed by atoms with Crippen molar-refractivity contribution in [1.29, 1.82) is 0 Å². The molecule has 9 nitrogen and oxygen atoms in total. The van der Waals surface area contributed by atoms with Crippen LogP contribution in [0.1, 0.15) is 450 Å². The van der Waals surface area contributed by atoms with E-state index in [9.17, 15) is 19.0 Å². The van der Waals surface area contributed by atoms with E-state index in [1.807, 2.05) is 21.1 Å². The standard InChI is InChI=1S/C94H174NO8P/c1-6-8-10-12-14-16-18-20-22-24-26-28-30-32-34-36-38-40-42-44-46-47-49-51-53-55-57-59-61-63-65-67-69-71-73-75-77-79-81-83-85-87-94(97)103-92(91-102-104(98,99)101-89-88-95(3,4)5)90-100-93(96)86-84-82-80-78-76-74-72-70-68-66-64-62-60-58-56-54-52-50-48-45-43-41-39-37-35-33-31-29-27-25-23-21-19-17-15-13-11-9-7-2/h8,10,14,16,19-22,25-28,31,33,92H,6-7,9,11-13,15,17-18,23-24,29-30,32,34-91H2,1-5H3/b10-8-,16-14-,21-19-,22-20-,27-25-,28-26-,33-31-. The molecule has 0 rings (SSSR count). The van der Waals surface area contributed by atoms with Crippen LogP contribution in [0.15, 0.2) is 85.1 Å². The summed E-state index contributed by atoms with van der Waals surface area (Å²) in [5.41, 5.74) is 0. The van der Waals surface area contributed by atoms with Crippen LogP contribution < -0.4 is 4.89 Å². The van der Waals surface area contributed by atoms with Gasteiger partial charge in [-0.1, -0.05) is 433 Å². The number of unbranched alkanes of at least 4 members (excludes halogenated alkanes) is 57. The Labute approximate surface area is 647 Å². The molecule has 0 N–H and O–H groups in total. The summed E-state index contributed by atoms with van der Waals surface area (Å²) in [4.78, 5) is 38.3. The van der Waals surface area contributed by atoms with Crippen LogP contribution in [-0.2, 0) is 32.7 Å². The number of phosphoric ester groups is 1. The second-order valence-corrected chi connectivity index (χ2v) is 33.3. The fourth-order valence-corrected chi connectivity index (χ4v) is 14.3. The molecular weight excluding hydrogens is 1300 g/mol. The van der Waals surface area contributed by atoms with Crippen LogP contribution >= 0.6 is 7.82 Å². The number of rotatable bonds is 85. The Balaban J connectivity index is 3.84. The lowest BCUT2D eigenvalue weighted by molar-refractivity contribution is -0.870. The number of hydrogen-bond donors (Lipinski definition) is 0. The first-order chi connectivity index (χ1) is 51.0. The molecule has 0 heterocycles. The highest BCUT2D eigenvalue weighted by molar-refractivity contribution is 7.45. The molecule has 0 aliphatic heterocycles. The molecule has 0 aromatic rings. The molecule has 104 heavy (non-hydrogen) atoms. The zero-order valence-corrected chi connectivity index (χ0v) is 70.6. The van der Waals surface area contributed by atoms with Crippen molar-refractivity contribution in [2.24, 2.45) is 0 Å². The van der Waals surface area contributed by atoms with Crippen molar-refractivity contribution in [3.63, 3.8) is 0 Å². The molecule has 0 saturated carbocycles. The summed E-state index contributed by atoms with van der Waals surface area (Å²) in [6.45, 7) is 4.19. The molecule has 608 valence electrons. The summed E-state index contributed by atoms with van der Waals surface area (Å²) < 4.78 is 34.5. The third kappa shape index (κ3) is 88.1. The van der Waals surface area contributed by atoms with E-state index in [1.165, 1.54) is 347 Å². The summed E-state index contributed by atoms with van der Waals surface area (Å²) in [5, 5.41) is 0. The molecule has 0 aliphatic rings. The van der Waals surface area contributed by atoms with Crippen LogP contribution in [0, 0.1) is 0 Å². The van der Waals surface area contributed by atoms with Gasteiger partial charge in [0.2, 0.25) is 0 Å². The van der Waals surface area contributed by atoms with Gasteiger partial charge in [0.25, 0.3) is 7.82 Å². The van der Waals surface area contributed by atoms with E-state index in [-0.39, 0.29) is 32.0 Å². The van der Waals surface area contributed by atoms with E-state index in [0.29, 0.717) is 17.4 Å². The van der Waals surface area contributed by atoms with Gasteiger partial charge in [-0.25, -0.2) is 0 Å². The number of quaternary nitrogens is 1. The van der Waals surface area contributed by atoms with Crippen LogP contribution in [0.3, 0.4) is 0 Å². The number of ether oxygens (including phenoxy) is 2. The average Bonchev–Trinajstić information content (AvgIpc) is 0.920. The lowest BCUT2D eigenvalue weighted by atomic mass is 10.0. The molecule has 0 saturated heterocycles. The van der Waals surface area contributed by atoms with Crippen LogP contribution in [0.2, 0.25) is 0 Å². The van der Waals surface area contributed by atoms with Gasteiger partial charge >= 0.3 is 11.9 Å². The van der Waals surface area contributed by atoms with Crippen molar-refractivity contribution in [1.82, 2.24) is 0 Å². The Hall–Kier alpha value is -2.81. The molecule has 0 fully saturated rings. The molecule has 0 bridgehead atoms. The van der Waals surface area contributed by atoms with Gasteiger partial charge in [-0.15, -0.1) is 0 Å². The molecular formula is C94H174NO8P. The van der Waals surface area contributed by atoms with Gasteiger partial charge in [0.15, 0.2) is 6.10 Å². The maximum atomic E-state index is 12.9. The minimum Gasteiger partial charge on any atom is -0.756 e. The van der Waals surface area contributed by atoms with Crippen molar-refractivity contribution in [3.8, 4) is 0 Å². The van der Waals surface area contributed by atoms with Crippen molar-refractivity contribution in [2.75, 3.05) is 47.5 Å². The number of phosphoric acid groups is 1. The monoisotopic (exact) mass is 1480 g/mol. The summed E-state index contributed by atoms with van der Waals surface area (Å²) in [5.74, 6) is -0.807. The first-order valence-corrected chi connectivity index (χ1v) is 46.8. The Morgan fingerprint density at radius 3 is 0.817 bits per heavy atom. The Morgan fingerprint density at radius 1 is 0.308 bits per heavy atom. The van der Waals surface area contributed by atoms with E-state index in [0.717, 1.165) is 70.6 Å². The number of hydrogen-bond acceptors (Lipinski definition) is 8. The van der Waals surface area contributed by atoms with Gasteiger partial charge < -0.3 is 27.9 Å². The van der Waals surface area contributed by atoms with Crippen molar-refractivity contribution < 1.29 is 42.1 Å². The largest absolute Gasteiger partial charge is 0.756 e. The first-order valence-electron chi connectivity index (χ1n) is 45.3. The molecule has 0 aromatic heterocycles. The molecule has 2 atom stereocenters. The third-order valence-corrected chi connectivity index (χ3v) is 21.4. The van der Waals surface area contributed by atoms with E-state index in [1.54, 1.807) is 0 Å². The summed E-state index contributed by atoms with van der Waals surface area (Å²) in [6, 6.07) is 0. The fraction of sp³-hybridized carbons (Fsp3) is 0.830. The highest BCUT2D eigenvalue weighted by Gasteiger charge is 2.22. The summed E-state index contributed by atoms with van der Waals surface area (Å²) in [7, 11) is 1.19. The fourth-order valence-electron chi connectivity index (χ4n) is 13.5. The Bertz CT molecular complexity index is 2040. The maximum absolute atomic E-state index is 12.9. The second kappa shape index (κ2) is 84.2. The van der Waals surface area contributed by atoms with Crippen LogP contribution in [0.4, 0.5) is 0 Å².